The molecule has 0 heterocycles. The first kappa shape index (κ1) is 15.6. The monoisotopic (exact) mass is 221 g/mol. The van der Waals surface area contributed by atoms with Crippen molar-refractivity contribution in [3.63, 3.8) is 0 Å². The van der Waals surface area contributed by atoms with E-state index >= 15 is 0 Å². The standard InChI is InChI=1S/C4H11N.C4H8O4Si/c1-3-5-4-2;1-3(5)7-9-8-4(2)6/h5H,3-4H2,1-2H3;9H2,1-2H3. The zero-order valence-electron chi connectivity index (χ0n) is 9.25. The predicted octanol–water partition coefficient (Wildman–Crippen LogP) is -0.273. The Kier molecular flexibility index (Phi) is 13.5. The summed E-state index contributed by atoms with van der Waals surface area (Å²) in [5.41, 5.74) is 0. The topological polar surface area (TPSA) is 64.6 Å². The van der Waals surface area contributed by atoms with Gasteiger partial charge in [-0.15, -0.1) is 0 Å². The van der Waals surface area contributed by atoms with Crippen LogP contribution >= 0.6 is 0 Å². The number of carbonyl (C=O) groups excluding carboxylic acids is 2. The molecule has 0 bridgehead atoms. The van der Waals surface area contributed by atoms with Crippen molar-refractivity contribution in [2.45, 2.75) is 27.7 Å². The lowest BCUT2D eigenvalue weighted by Gasteiger charge is -1.99. The molecule has 0 fully saturated rings. The third-order valence-electron chi connectivity index (χ3n) is 1.02. The molecule has 0 aliphatic rings. The predicted molar refractivity (Wildman–Crippen MR) is 56.3 cm³/mol. The largest absolute Gasteiger partial charge is 0.490 e. The van der Waals surface area contributed by atoms with E-state index in [-0.39, 0.29) is 0 Å². The summed E-state index contributed by atoms with van der Waals surface area (Å²) < 4.78 is 8.82. The first-order valence-electron chi connectivity index (χ1n) is 4.52. The Morgan fingerprint density at radius 1 is 1.07 bits per heavy atom. The van der Waals surface area contributed by atoms with E-state index in [4.69, 9.17) is 0 Å². The van der Waals surface area contributed by atoms with Gasteiger partial charge in [-0.05, 0) is 13.1 Å². The van der Waals surface area contributed by atoms with E-state index in [0.717, 1.165) is 13.1 Å². The third-order valence-corrected chi connectivity index (χ3v) is 2.07. The molecule has 0 spiro atoms. The minimum Gasteiger partial charge on any atom is -0.490 e. The van der Waals surface area contributed by atoms with Crippen molar-refractivity contribution in [3.8, 4) is 0 Å². The molecule has 0 aliphatic carbocycles. The molecule has 0 amide bonds. The van der Waals surface area contributed by atoms with Crippen LogP contribution in [0.1, 0.15) is 27.7 Å². The van der Waals surface area contributed by atoms with Crippen molar-refractivity contribution in [2.24, 2.45) is 0 Å². The van der Waals surface area contributed by atoms with Gasteiger partial charge in [0.1, 0.15) is 0 Å². The summed E-state index contributed by atoms with van der Waals surface area (Å²) in [6, 6.07) is 0. The van der Waals surface area contributed by atoms with Crippen LogP contribution in [0.4, 0.5) is 0 Å². The SMILES string of the molecule is CC(=O)O[SiH2]OC(C)=O.CCNCC. The molecule has 6 heteroatoms. The van der Waals surface area contributed by atoms with Crippen molar-refractivity contribution in [2.75, 3.05) is 13.1 Å². The van der Waals surface area contributed by atoms with Crippen molar-refractivity contribution >= 4 is 21.9 Å². The molecule has 5 nitrogen and oxygen atoms in total. The summed E-state index contributed by atoms with van der Waals surface area (Å²) in [7, 11) is -1.38. The molecule has 0 saturated carbocycles. The quantitative estimate of drug-likeness (QED) is 0.662. The Bertz CT molecular complexity index is 147. The van der Waals surface area contributed by atoms with Gasteiger partial charge in [0.05, 0.1) is 0 Å². The molecular weight excluding hydrogens is 202 g/mol. The van der Waals surface area contributed by atoms with E-state index < -0.39 is 21.9 Å². The Labute approximate surface area is 87.2 Å². The molecule has 0 saturated heterocycles. The van der Waals surface area contributed by atoms with E-state index in [1.54, 1.807) is 0 Å². The fourth-order valence-corrected chi connectivity index (χ4v) is 0.836. The van der Waals surface area contributed by atoms with Crippen LogP contribution in [0.25, 0.3) is 0 Å². The number of rotatable bonds is 4. The number of hydrogen-bond donors (Lipinski definition) is 1. The number of hydrogen-bond acceptors (Lipinski definition) is 5. The van der Waals surface area contributed by atoms with E-state index in [1.165, 1.54) is 13.8 Å². The summed E-state index contributed by atoms with van der Waals surface area (Å²) in [5, 5.41) is 3.11. The molecule has 84 valence electrons. The minimum atomic E-state index is -1.38. The highest BCUT2D eigenvalue weighted by atomic mass is 28.3. The summed E-state index contributed by atoms with van der Waals surface area (Å²) in [6.07, 6.45) is 0. The van der Waals surface area contributed by atoms with Crippen molar-refractivity contribution < 1.29 is 18.4 Å². The first-order valence-corrected chi connectivity index (χ1v) is 5.67. The van der Waals surface area contributed by atoms with Gasteiger partial charge in [-0.25, -0.2) is 0 Å². The molecule has 0 aromatic carbocycles. The average Bonchev–Trinajstić information content (AvgIpc) is 2.05. The second-order valence-corrected chi connectivity index (χ2v) is 3.16. The Morgan fingerprint density at radius 3 is 1.57 bits per heavy atom. The minimum absolute atomic E-state index is 0.400. The highest BCUT2D eigenvalue weighted by Gasteiger charge is 1.95. The second-order valence-electron chi connectivity index (χ2n) is 2.35. The van der Waals surface area contributed by atoms with E-state index in [0.29, 0.717) is 0 Å². The van der Waals surface area contributed by atoms with Gasteiger partial charge in [0.25, 0.3) is 11.9 Å². The summed E-state index contributed by atoms with van der Waals surface area (Å²) >= 11 is 0. The zero-order valence-corrected chi connectivity index (χ0v) is 10.7. The first-order chi connectivity index (χ1) is 6.54. The maximum absolute atomic E-state index is 10.0. The highest BCUT2D eigenvalue weighted by Crippen LogP contribution is 1.75. The van der Waals surface area contributed by atoms with Crippen LogP contribution in [0.15, 0.2) is 0 Å². The van der Waals surface area contributed by atoms with Crippen molar-refractivity contribution in [3.05, 3.63) is 0 Å². The fraction of sp³-hybridized carbons (Fsp3) is 0.750. The van der Waals surface area contributed by atoms with Crippen LogP contribution in [-0.2, 0) is 18.4 Å². The van der Waals surface area contributed by atoms with Crippen LogP contribution in [0.5, 0.6) is 0 Å². The molecule has 0 radical (unpaired) electrons. The summed E-state index contributed by atoms with van der Waals surface area (Å²) in [4.78, 5) is 20.1. The van der Waals surface area contributed by atoms with Crippen molar-refractivity contribution in [1.29, 1.82) is 0 Å². The van der Waals surface area contributed by atoms with Crippen LogP contribution in [0.2, 0.25) is 0 Å². The summed E-state index contributed by atoms with van der Waals surface area (Å²) in [6.45, 7) is 8.94. The van der Waals surface area contributed by atoms with Gasteiger partial charge in [-0.3, -0.25) is 9.59 Å². The van der Waals surface area contributed by atoms with Crippen LogP contribution in [0, 0.1) is 0 Å². The molecule has 0 aliphatic heterocycles. The van der Waals surface area contributed by atoms with Gasteiger partial charge in [0.15, 0.2) is 0 Å². The molecular formula is C8H19NO4Si. The van der Waals surface area contributed by atoms with Gasteiger partial charge >= 0.3 is 10.0 Å². The highest BCUT2D eigenvalue weighted by molar-refractivity contribution is 6.25. The summed E-state index contributed by atoms with van der Waals surface area (Å²) in [5.74, 6) is -0.800. The van der Waals surface area contributed by atoms with Gasteiger partial charge in [0, 0.05) is 13.8 Å². The third kappa shape index (κ3) is 22.5. The van der Waals surface area contributed by atoms with Crippen molar-refractivity contribution in [1.82, 2.24) is 5.32 Å². The Balaban J connectivity index is 0. The maximum atomic E-state index is 10.0. The van der Waals surface area contributed by atoms with Crippen LogP contribution in [0.3, 0.4) is 0 Å². The molecule has 0 unspecified atom stereocenters. The molecule has 0 atom stereocenters. The van der Waals surface area contributed by atoms with E-state index in [9.17, 15) is 9.59 Å². The zero-order chi connectivity index (χ0) is 11.4. The van der Waals surface area contributed by atoms with Gasteiger partial charge in [-0.1, -0.05) is 13.8 Å². The lowest BCUT2D eigenvalue weighted by atomic mass is 10.7. The number of carbonyl (C=O) groups is 2. The lowest BCUT2D eigenvalue weighted by molar-refractivity contribution is -0.136. The molecule has 14 heavy (non-hydrogen) atoms. The average molecular weight is 221 g/mol. The van der Waals surface area contributed by atoms with Gasteiger partial charge in [-0.2, -0.15) is 0 Å². The van der Waals surface area contributed by atoms with Gasteiger partial charge in [0.2, 0.25) is 0 Å². The molecule has 1 N–H and O–H groups in total. The smallest absolute Gasteiger partial charge is 0.431 e. The fourth-order valence-electron chi connectivity index (χ4n) is 0.445. The van der Waals surface area contributed by atoms with E-state index in [2.05, 4.69) is 28.0 Å². The van der Waals surface area contributed by atoms with Gasteiger partial charge < -0.3 is 14.2 Å². The van der Waals surface area contributed by atoms with E-state index in [1.807, 2.05) is 0 Å². The number of nitrogens with one attached hydrogen (secondary N) is 1. The Hall–Kier alpha value is -0.883. The van der Waals surface area contributed by atoms with Crippen LogP contribution in [-0.4, -0.2) is 35.0 Å². The molecule has 0 rings (SSSR count). The Morgan fingerprint density at radius 2 is 1.43 bits per heavy atom. The normalized spacial score (nSPS) is 8.29. The van der Waals surface area contributed by atoms with Crippen LogP contribution < -0.4 is 5.32 Å². The lowest BCUT2D eigenvalue weighted by Crippen LogP contribution is -2.11. The maximum Gasteiger partial charge on any atom is 0.431 e. The molecule has 0 aromatic heterocycles. The molecule has 0 aromatic rings. The second kappa shape index (κ2) is 12.1.